The summed E-state index contributed by atoms with van der Waals surface area (Å²) in [5, 5.41) is 9.36. The van der Waals surface area contributed by atoms with E-state index < -0.39 is 11.2 Å². The number of nitrogens with zero attached hydrogens (tertiary/aromatic N) is 4. The molecule has 1 aromatic heterocycles. The molecule has 7 aromatic rings. The van der Waals surface area contributed by atoms with E-state index in [1.54, 1.807) is 4.90 Å². The van der Waals surface area contributed by atoms with Crippen LogP contribution in [0.2, 0.25) is 0 Å². The molecule has 5 aliphatic rings. The van der Waals surface area contributed by atoms with Crippen molar-refractivity contribution in [1.82, 2.24) is 19.8 Å². The molecule has 4 saturated heterocycles. The number of amides is 2. The summed E-state index contributed by atoms with van der Waals surface area (Å²) in [4.78, 5) is 42.3. The summed E-state index contributed by atoms with van der Waals surface area (Å²) in [6.45, 7) is 29.4. The normalized spacial score (nSPS) is 21.4. The lowest BCUT2D eigenvalue weighted by molar-refractivity contribution is 0.00578. The number of nitrogens with one attached hydrogen (secondary N) is 1. The Kier molecular flexibility index (Phi) is 14.0. The van der Waals surface area contributed by atoms with E-state index in [1.165, 1.54) is 37.9 Å². The number of imidazole rings is 1. The number of H-pyrrole nitrogens is 1. The van der Waals surface area contributed by atoms with Crippen molar-refractivity contribution in [3.63, 3.8) is 0 Å². The molecule has 2 amide bonds. The summed E-state index contributed by atoms with van der Waals surface area (Å²) in [6.07, 6.45) is 7.65. The van der Waals surface area contributed by atoms with Crippen LogP contribution in [0, 0.1) is 0 Å². The van der Waals surface area contributed by atoms with Crippen LogP contribution in [0.25, 0.3) is 59.9 Å². The zero-order valence-electron chi connectivity index (χ0n) is 49.2. The molecular formula is C65H77B2N5O8. The van der Waals surface area contributed by atoms with E-state index in [1.807, 2.05) is 58.8 Å². The number of aromatic amines is 1. The molecular weight excluding hydrogens is 1000 g/mol. The first-order valence-electron chi connectivity index (χ1n) is 28.6. The average molecular weight is 1080 g/mol. The minimum atomic E-state index is -0.538. The van der Waals surface area contributed by atoms with Crippen LogP contribution in [0.3, 0.4) is 0 Å². The van der Waals surface area contributed by atoms with Crippen LogP contribution in [0.1, 0.15) is 146 Å². The van der Waals surface area contributed by atoms with E-state index in [-0.39, 0.29) is 60.9 Å². The maximum absolute atomic E-state index is 12.9. The van der Waals surface area contributed by atoms with E-state index in [0.717, 1.165) is 82.2 Å². The highest BCUT2D eigenvalue weighted by molar-refractivity contribution is 6.63. The Morgan fingerprint density at radius 3 is 1.44 bits per heavy atom. The molecule has 4 fully saturated rings. The molecule has 0 spiro atoms. The summed E-state index contributed by atoms with van der Waals surface area (Å²) in [5.74, 6) is 0.790. The molecule has 80 heavy (non-hydrogen) atoms. The van der Waals surface area contributed by atoms with Crippen LogP contribution in [0.5, 0.6) is 0 Å². The van der Waals surface area contributed by atoms with Crippen molar-refractivity contribution in [3.8, 4) is 11.3 Å². The minimum absolute atomic E-state index is 0.0137. The lowest BCUT2D eigenvalue weighted by atomic mass is 9.77. The SMILES string of the molecule is CC(C)(C)OC(=O)N1CCC[C@H]1C1=NC=C(c2ccc3cc4cc(-c5cnc([C@@H]6CCCN6C(=O)OC(C)(C)C)[nH]5)ccc4cc3c2)C1.CC1(C)OB(c2ccc3cc4cc(B5OC(C)(C)C(C)(C)O5)ccc4cc3c2)OC1(C)C. The van der Waals surface area contributed by atoms with Crippen molar-refractivity contribution in [2.45, 2.75) is 175 Å². The number of hydrogen-bond acceptors (Lipinski definition) is 10. The Bertz CT molecular complexity index is 3520. The number of benzene rings is 6. The number of hydrogen-bond donors (Lipinski definition) is 1. The van der Waals surface area contributed by atoms with Gasteiger partial charge in [-0.05, 0) is 224 Å². The first kappa shape index (κ1) is 55.4. The summed E-state index contributed by atoms with van der Waals surface area (Å²) >= 11 is 0. The molecule has 6 heterocycles. The van der Waals surface area contributed by atoms with Gasteiger partial charge in [-0.2, -0.15) is 0 Å². The summed E-state index contributed by atoms with van der Waals surface area (Å²) < 4.78 is 36.3. The van der Waals surface area contributed by atoms with Gasteiger partial charge in [0, 0.05) is 37.0 Å². The third kappa shape index (κ3) is 11.0. The van der Waals surface area contributed by atoms with Gasteiger partial charge in [-0.3, -0.25) is 14.8 Å². The van der Waals surface area contributed by atoms with Crippen LogP contribution in [0.4, 0.5) is 9.59 Å². The highest BCUT2D eigenvalue weighted by Crippen LogP contribution is 2.40. The molecule has 416 valence electrons. The van der Waals surface area contributed by atoms with Crippen LogP contribution in [-0.2, 0) is 28.1 Å². The highest BCUT2D eigenvalue weighted by atomic mass is 16.7. The number of carbonyl (C=O) groups is 2. The van der Waals surface area contributed by atoms with Crippen molar-refractivity contribution in [3.05, 3.63) is 121 Å². The van der Waals surface area contributed by atoms with Crippen LogP contribution >= 0.6 is 0 Å². The predicted octanol–water partition coefficient (Wildman–Crippen LogP) is 13.6. The minimum Gasteiger partial charge on any atom is -0.444 e. The molecule has 0 unspecified atom stereocenters. The van der Waals surface area contributed by atoms with Crippen LogP contribution in [0.15, 0.2) is 114 Å². The summed E-state index contributed by atoms with van der Waals surface area (Å²) in [6, 6.07) is 34.7. The molecule has 0 saturated carbocycles. The largest absolute Gasteiger partial charge is 0.494 e. The second-order valence-electron chi connectivity index (χ2n) is 26.5. The van der Waals surface area contributed by atoms with Crippen LogP contribution in [-0.4, -0.2) is 105 Å². The Morgan fingerprint density at radius 2 is 0.963 bits per heavy atom. The second kappa shape index (κ2) is 20.2. The van der Waals surface area contributed by atoms with Crippen molar-refractivity contribution in [2.24, 2.45) is 4.99 Å². The Morgan fingerprint density at radius 1 is 0.550 bits per heavy atom. The van der Waals surface area contributed by atoms with Crippen molar-refractivity contribution < 1.29 is 37.7 Å². The third-order valence-electron chi connectivity index (χ3n) is 17.2. The predicted molar refractivity (Wildman–Crippen MR) is 323 cm³/mol. The first-order chi connectivity index (χ1) is 37.6. The first-order valence-corrected chi connectivity index (χ1v) is 28.6. The molecule has 5 aliphatic heterocycles. The van der Waals surface area contributed by atoms with Gasteiger partial charge in [0.05, 0.1) is 46.4 Å². The average Bonchev–Trinajstić information content (AvgIpc) is 4.25. The van der Waals surface area contributed by atoms with E-state index >= 15 is 0 Å². The van der Waals surface area contributed by atoms with E-state index in [2.05, 4.69) is 157 Å². The summed E-state index contributed by atoms with van der Waals surface area (Å²) in [7, 11) is -0.711. The maximum atomic E-state index is 12.9. The highest BCUT2D eigenvalue weighted by Gasteiger charge is 2.53. The second-order valence-corrected chi connectivity index (χ2v) is 26.5. The van der Waals surface area contributed by atoms with Gasteiger partial charge in [0.1, 0.15) is 17.0 Å². The van der Waals surface area contributed by atoms with Gasteiger partial charge in [0.15, 0.2) is 0 Å². The summed E-state index contributed by atoms with van der Waals surface area (Å²) in [5.41, 5.74) is 4.97. The molecule has 13 nitrogen and oxygen atoms in total. The van der Waals surface area contributed by atoms with Crippen molar-refractivity contribution >= 4 is 91.7 Å². The zero-order chi connectivity index (χ0) is 56.9. The van der Waals surface area contributed by atoms with Gasteiger partial charge in [-0.25, -0.2) is 14.6 Å². The number of likely N-dealkylation sites (tertiary alicyclic amines) is 2. The van der Waals surface area contributed by atoms with E-state index in [9.17, 15) is 9.59 Å². The number of allylic oxidation sites excluding steroid dienone is 1. The molecule has 12 rings (SSSR count). The fourth-order valence-electron chi connectivity index (χ4n) is 11.4. The van der Waals surface area contributed by atoms with Gasteiger partial charge in [0.2, 0.25) is 0 Å². The number of fused-ring (bicyclic) bond motifs is 4. The number of carbonyl (C=O) groups excluding carboxylic acids is 2. The fourth-order valence-corrected chi connectivity index (χ4v) is 11.4. The zero-order valence-corrected chi connectivity index (χ0v) is 49.2. The van der Waals surface area contributed by atoms with E-state index in [0.29, 0.717) is 13.1 Å². The number of ether oxygens (including phenoxy) is 2. The fraction of sp³-hybridized carbons (Fsp3) is 0.446. The van der Waals surface area contributed by atoms with Gasteiger partial charge in [0.25, 0.3) is 0 Å². The van der Waals surface area contributed by atoms with E-state index in [4.69, 9.17) is 38.1 Å². The number of rotatable bonds is 6. The number of aliphatic imine (C=N–C) groups is 1. The lowest BCUT2D eigenvalue weighted by Crippen LogP contribution is -2.43. The van der Waals surface area contributed by atoms with Crippen molar-refractivity contribution in [2.75, 3.05) is 13.1 Å². The maximum Gasteiger partial charge on any atom is 0.494 e. The molecule has 0 radical (unpaired) electrons. The van der Waals surface area contributed by atoms with Crippen molar-refractivity contribution in [1.29, 1.82) is 0 Å². The van der Waals surface area contributed by atoms with Gasteiger partial charge in [-0.1, -0.05) is 60.7 Å². The lowest BCUT2D eigenvalue weighted by Gasteiger charge is -2.32. The Hall–Kier alpha value is -6.51. The number of aromatic nitrogens is 2. The standard InChI is InChI=1S/C39H45N5O4.C26H32B2O4/c1-38(2,3)47-36(45)43-15-7-9-33(43)31-21-30(22-40-31)26-12-11-24-18-29-20-27(14-13-25(29)17-28(24)19-26)32-23-41-35(42-32)34-10-8-16-44(34)37(46)48-39(4,5)6;1-23(2)24(3,4)30-27(29-23)21-11-9-17-14-20-16-22(12-10-18(20)13-19(17)15-21)28-31-25(5,6)26(7,8)32-28/h11-14,17-20,22-23,33-34H,7-10,15-16,21H2,1-6H3,(H,41,42);9-16H,1-8H3/t33-,34-;/m0./s1. The molecule has 2 atom stereocenters. The third-order valence-corrected chi connectivity index (χ3v) is 17.2. The van der Waals surface area contributed by atoms with Crippen LogP contribution < -0.4 is 10.9 Å². The smallest absolute Gasteiger partial charge is 0.444 e. The van der Waals surface area contributed by atoms with Gasteiger partial charge >= 0.3 is 26.4 Å². The quantitative estimate of drug-likeness (QED) is 0.127. The Balaban J connectivity index is 0.000000183. The molecule has 1 N–H and O–H groups in total. The topological polar surface area (TPSA) is 137 Å². The monoisotopic (exact) mass is 1080 g/mol. The molecule has 15 heteroatoms. The van der Waals surface area contributed by atoms with Gasteiger partial charge < -0.3 is 33.1 Å². The van der Waals surface area contributed by atoms with Gasteiger partial charge in [-0.15, -0.1) is 0 Å². The molecule has 0 aliphatic carbocycles. The molecule has 0 bridgehead atoms. The Labute approximate surface area is 472 Å². The molecule has 6 aromatic carbocycles.